The molecule has 0 bridgehead atoms. The van der Waals surface area contributed by atoms with Crippen molar-refractivity contribution in [2.45, 2.75) is 26.7 Å². The van der Waals surface area contributed by atoms with Gasteiger partial charge in [0, 0.05) is 18.8 Å². The second-order valence-electron chi connectivity index (χ2n) is 5.08. The average molecular weight is 259 g/mol. The lowest BCUT2D eigenvalue weighted by molar-refractivity contribution is -0.147. The second-order valence-corrected chi connectivity index (χ2v) is 5.08. The van der Waals surface area contributed by atoms with Gasteiger partial charge in [-0.3, -0.25) is 4.79 Å². The summed E-state index contributed by atoms with van der Waals surface area (Å²) in [5.74, 6) is -0.0428. The number of rotatable bonds is 3. The second kappa shape index (κ2) is 4.88. The molecular weight excluding hydrogens is 242 g/mol. The zero-order valence-corrected chi connectivity index (χ0v) is 11.2. The number of nitriles is 1. The number of anilines is 1. The smallest absolute Gasteiger partial charge is 0.311 e. The topological polar surface area (TPSA) is 77.2 Å². The molecule has 5 nitrogen and oxygen atoms in total. The van der Waals surface area contributed by atoms with Gasteiger partial charge in [0.05, 0.1) is 17.0 Å². The Hall–Kier alpha value is -2.09. The Kier molecular flexibility index (Phi) is 3.43. The van der Waals surface area contributed by atoms with Crippen molar-refractivity contribution < 1.29 is 9.90 Å². The average Bonchev–Trinajstić information content (AvgIpc) is 2.83. The molecule has 0 saturated carbocycles. The van der Waals surface area contributed by atoms with E-state index < -0.39 is 11.4 Å². The zero-order chi connectivity index (χ0) is 14.0. The predicted octanol–water partition coefficient (Wildman–Crippen LogP) is 1.95. The van der Waals surface area contributed by atoms with Gasteiger partial charge in [-0.2, -0.15) is 5.26 Å². The van der Waals surface area contributed by atoms with Crippen molar-refractivity contribution in [3.8, 4) is 6.07 Å². The van der Waals surface area contributed by atoms with Gasteiger partial charge in [0.25, 0.3) is 0 Å². The van der Waals surface area contributed by atoms with Gasteiger partial charge in [-0.05, 0) is 31.9 Å². The lowest BCUT2D eigenvalue weighted by atomic mass is 9.84. The van der Waals surface area contributed by atoms with Crippen molar-refractivity contribution in [3.63, 3.8) is 0 Å². The number of nitrogens with zero attached hydrogens (tertiary/aromatic N) is 3. The molecular formula is C14H17N3O2. The maximum absolute atomic E-state index is 11.4. The van der Waals surface area contributed by atoms with E-state index in [0.29, 0.717) is 37.3 Å². The minimum Gasteiger partial charge on any atom is -0.481 e. The number of hydrogen-bond acceptors (Lipinski definition) is 4. The van der Waals surface area contributed by atoms with E-state index in [1.165, 1.54) is 0 Å². The fourth-order valence-corrected chi connectivity index (χ4v) is 2.56. The van der Waals surface area contributed by atoms with Crippen molar-refractivity contribution in [1.29, 1.82) is 5.26 Å². The molecule has 0 spiro atoms. The fraction of sp³-hybridized carbons (Fsp3) is 0.500. The first-order valence-electron chi connectivity index (χ1n) is 6.38. The van der Waals surface area contributed by atoms with Gasteiger partial charge >= 0.3 is 5.97 Å². The van der Waals surface area contributed by atoms with E-state index in [4.69, 9.17) is 5.26 Å². The summed E-state index contributed by atoms with van der Waals surface area (Å²) in [6.45, 7) is 4.87. The summed E-state index contributed by atoms with van der Waals surface area (Å²) in [7, 11) is 0. The van der Waals surface area contributed by atoms with Crippen LogP contribution in [0.1, 0.15) is 31.0 Å². The van der Waals surface area contributed by atoms with Crippen LogP contribution in [0.5, 0.6) is 0 Å². The molecule has 1 aromatic rings. The predicted molar refractivity (Wildman–Crippen MR) is 70.9 cm³/mol. The molecule has 19 heavy (non-hydrogen) atoms. The van der Waals surface area contributed by atoms with E-state index in [2.05, 4.69) is 11.1 Å². The summed E-state index contributed by atoms with van der Waals surface area (Å²) in [5.41, 5.74) is 0.656. The number of carboxylic acid groups (broad SMARTS) is 1. The monoisotopic (exact) mass is 259 g/mol. The largest absolute Gasteiger partial charge is 0.481 e. The summed E-state index contributed by atoms with van der Waals surface area (Å²) in [6, 6.07) is 5.55. The van der Waals surface area contributed by atoms with Crippen LogP contribution in [0.15, 0.2) is 12.1 Å². The first-order valence-corrected chi connectivity index (χ1v) is 6.38. The van der Waals surface area contributed by atoms with E-state index in [-0.39, 0.29) is 0 Å². The molecule has 100 valence electrons. The van der Waals surface area contributed by atoms with Crippen LogP contribution >= 0.6 is 0 Å². The standard InChI is InChI=1S/C14H17N3O2/c1-3-14(13(18)19)4-5-17(9-14)12-7-11(8-15)6-10(2)16-12/h6-7H,3-5,9H2,1-2H3,(H,18,19). The quantitative estimate of drug-likeness (QED) is 0.897. The molecule has 0 amide bonds. The number of aliphatic carboxylic acids is 1. The summed E-state index contributed by atoms with van der Waals surface area (Å²) in [4.78, 5) is 17.8. The van der Waals surface area contributed by atoms with Crippen molar-refractivity contribution in [1.82, 2.24) is 4.98 Å². The number of carboxylic acids is 1. The molecule has 1 saturated heterocycles. The third-order valence-electron chi connectivity index (χ3n) is 3.88. The van der Waals surface area contributed by atoms with Crippen LogP contribution in [0, 0.1) is 23.7 Å². The van der Waals surface area contributed by atoms with Crippen LogP contribution in [0.3, 0.4) is 0 Å². The number of carbonyl (C=O) groups is 1. The Labute approximate surface area is 112 Å². The summed E-state index contributed by atoms with van der Waals surface area (Å²) >= 11 is 0. The van der Waals surface area contributed by atoms with Gasteiger partial charge in [-0.1, -0.05) is 6.92 Å². The Morgan fingerprint density at radius 1 is 1.63 bits per heavy atom. The third-order valence-corrected chi connectivity index (χ3v) is 3.88. The van der Waals surface area contributed by atoms with E-state index >= 15 is 0 Å². The third kappa shape index (κ3) is 2.39. The van der Waals surface area contributed by atoms with Crippen molar-refractivity contribution >= 4 is 11.8 Å². The fourth-order valence-electron chi connectivity index (χ4n) is 2.56. The highest BCUT2D eigenvalue weighted by molar-refractivity contribution is 5.76. The maximum Gasteiger partial charge on any atom is 0.311 e. The van der Waals surface area contributed by atoms with Crippen LogP contribution in [-0.4, -0.2) is 29.1 Å². The number of hydrogen-bond donors (Lipinski definition) is 1. The molecule has 1 aliphatic rings. The minimum absolute atomic E-state index is 0.458. The molecule has 0 aromatic carbocycles. The van der Waals surface area contributed by atoms with E-state index in [0.717, 1.165) is 5.69 Å². The lowest BCUT2D eigenvalue weighted by Gasteiger charge is -2.23. The van der Waals surface area contributed by atoms with Gasteiger partial charge < -0.3 is 10.0 Å². The normalized spacial score (nSPS) is 22.3. The van der Waals surface area contributed by atoms with Gasteiger partial charge in [-0.15, -0.1) is 0 Å². The molecule has 0 aliphatic carbocycles. The SMILES string of the molecule is CCC1(C(=O)O)CCN(c2cc(C#N)cc(C)n2)C1. The van der Waals surface area contributed by atoms with Crippen LogP contribution in [0.25, 0.3) is 0 Å². The highest BCUT2D eigenvalue weighted by Gasteiger charge is 2.43. The maximum atomic E-state index is 11.4. The zero-order valence-electron chi connectivity index (χ0n) is 11.2. The highest BCUT2D eigenvalue weighted by Crippen LogP contribution is 2.36. The van der Waals surface area contributed by atoms with Crippen LogP contribution < -0.4 is 4.90 Å². The number of pyridine rings is 1. The minimum atomic E-state index is -0.745. The van der Waals surface area contributed by atoms with Crippen molar-refractivity contribution in [3.05, 3.63) is 23.4 Å². The molecule has 1 fully saturated rings. The molecule has 1 aliphatic heterocycles. The van der Waals surface area contributed by atoms with Crippen LogP contribution in [-0.2, 0) is 4.79 Å². The van der Waals surface area contributed by atoms with E-state index in [1.807, 2.05) is 18.7 Å². The van der Waals surface area contributed by atoms with Gasteiger partial charge in [0.1, 0.15) is 5.82 Å². The van der Waals surface area contributed by atoms with E-state index in [1.54, 1.807) is 12.1 Å². The van der Waals surface area contributed by atoms with Gasteiger partial charge in [0.15, 0.2) is 0 Å². The Morgan fingerprint density at radius 2 is 2.37 bits per heavy atom. The first-order chi connectivity index (χ1) is 9.00. The number of aryl methyl sites for hydroxylation is 1. The summed E-state index contributed by atoms with van der Waals surface area (Å²) in [5, 5.41) is 18.4. The lowest BCUT2D eigenvalue weighted by Crippen LogP contribution is -2.34. The summed E-state index contributed by atoms with van der Waals surface area (Å²) in [6.07, 6.45) is 1.23. The molecule has 5 heteroatoms. The molecule has 2 heterocycles. The molecule has 0 radical (unpaired) electrons. The Bertz CT molecular complexity index is 550. The van der Waals surface area contributed by atoms with E-state index in [9.17, 15) is 9.90 Å². The van der Waals surface area contributed by atoms with Crippen LogP contribution in [0.4, 0.5) is 5.82 Å². The van der Waals surface area contributed by atoms with Crippen molar-refractivity contribution in [2.75, 3.05) is 18.0 Å². The molecule has 1 unspecified atom stereocenters. The Morgan fingerprint density at radius 3 is 2.89 bits per heavy atom. The molecule has 2 rings (SSSR count). The summed E-state index contributed by atoms with van der Waals surface area (Å²) < 4.78 is 0. The number of aromatic nitrogens is 1. The Balaban J connectivity index is 2.29. The first kappa shape index (κ1) is 13.3. The highest BCUT2D eigenvalue weighted by atomic mass is 16.4. The van der Waals surface area contributed by atoms with Crippen LogP contribution in [0.2, 0.25) is 0 Å². The van der Waals surface area contributed by atoms with Crippen molar-refractivity contribution in [2.24, 2.45) is 5.41 Å². The van der Waals surface area contributed by atoms with Gasteiger partial charge in [0.2, 0.25) is 0 Å². The molecule has 1 N–H and O–H groups in total. The molecule has 1 aromatic heterocycles. The molecule has 1 atom stereocenters. The van der Waals surface area contributed by atoms with Gasteiger partial charge in [-0.25, -0.2) is 4.98 Å².